The van der Waals surface area contributed by atoms with E-state index in [0.717, 1.165) is 0 Å². The number of rotatable bonds is 3. The second kappa shape index (κ2) is 5.77. The van der Waals surface area contributed by atoms with Gasteiger partial charge in [-0.1, -0.05) is 17.9 Å². The largest absolute Gasteiger partial charge is 0.384 e. The van der Waals surface area contributed by atoms with Gasteiger partial charge in [0, 0.05) is 12.6 Å². The number of hydrogen-bond donors (Lipinski definition) is 2. The quantitative estimate of drug-likeness (QED) is 0.810. The van der Waals surface area contributed by atoms with Crippen LogP contribution in [0.25, 0.3) is 0 Å². The van der Waals surface area contributed by atoms with Crippen LogP contribution in [0.4, 0.5) is 5.69 Å². The van der Waals surface area contributed by atoms with Crippen LogP contribution < -0.4 is 4.72 Å². The van der Waals surface area contributed by atoms with E-state index in [-0.39, 0.29) is 11.6 Å². The average Bonchev–Trinajstić information content (AvgIpc) is 2.83. The van der Waals surface area contributed by atoms with Gasteiger partial charge in [0.2, 0.25) is 0 Å². The highest BCUT2D eigenvalue weighted by Crippen LogP contribution is 2.16. The third kappa shape index (κ3) is 3.17. The maximum atomic E-state index is 12.2. The topological polar surface area (TPSA) is 84.2 Å². The van der Waals surface area contributed by atoms with Crippen molar-refractivity contribution in [2.75, 3.05) is 11.3 Å². The highest BCUT2D eigenvalue weighted by Gasteiger charge is 2.17. The summed E-state index contributed by atoms with van der Waals surface area (Å²) in [6.07, 6.45) is 1.41. The third-order valence-electron chi connectivity index (χ3n) is 2.48. The fraction of sp³-hybridized carbons (Fsp3) is 0.154. The zero-order valence-electron chi connectivity index (χ0n) is 10.7. The first kappa shape index (κ1) is 14.1. The molecule has 0 aliphatic carbocycles. The van der Waals surface area contributed by atoms with Crippen molar-refractivity contribution in [2.24, 2.45) is 7.05 Å². The van der Waals surface area contributed by atoms with Crippen molar-refractivity contribution in [3.05, 3.63) is 42.1 Å². The first-order valence-electron chi connectivity index (χ1n) is 5.73. The summed E-state index contributed by atoms with van der Waals surface area (Å²) in [4.78, 5) is 0. The van der Waals surface area contributed by atoms with E-state index in [4.69, 9.17) is 5.11 Å². The number of sulfonamides is 1. The second-order valence-corrected chi connectivity index (χ2v) is 5.57. The Bertz CT molecular complexity index is 769. The molecule has 20 heavy (non-hydrogen) atoms. The smallest absolute Gasteiger partial charge is 0.279 e. The molecule has 0 fully saturated rings. The molecule has 0 amide bonds. The molecule has 104 valence electrons. The van der Waals surface area contributed by atoms with Gasteiger partial charge in [-0.2, -0.15) is 13.5 Å². The molecule has 2 aromatic rings. The molecule has 1 heterocycles. The maximum absolute atomic E-state index is 12.2. The summed E-state index contributed by atoms with van der Waals surface area (Å²) in [7, 11) is -2.13. The van der Waals surface area contributed by atoms with Gasteiger partial charge >= 0.3 is 0 Å². The lowest BCUT2D eigenvalue weighted by Crippen LogP contribution is -2.16. The summed E-state index contributed by atoms with van der Waals surface area (Å²) < 4.78 is 28.1. The molecule has 6 nitrogen and oxygen atoms in total. The molecular weight excluding hydrogens is 278 g/mol. The lowest BCUT2D eigenvalue weighted by atomic mass is 10.2. The molecule has 1 aromatic carbocycles. The summed E-state index contributed by atoms with van der Waals surface area (Å²) in [6, 6.07) is 8.04. The molecule has 2 N–H and O–H groups in total. The van der Waals surface area contributed by atoms with Gasteiger partial charge < -0.3 is 5.11 Å². The van der Waals surface area contributed by atoms with Crippen molar-refractivity contribution in [3.63, 3.8) is 0 Å². The van der Waals surface area contributed by atoms with Gasteiger partial charge in [0.25, 0.3) is 10.0 Å². The summed E-state index contributed by atoms with van der Waals surface area (Å²) in [6.45, 7) is -0.245. The molecule has 2 rings (SSSR count). The fourth-order valence-electron chi connectivity index (χ4n) is 1.63. The van der Waals surface area contributed by atoms with Gasteiger partial charge in [-0.3, -0.25) is 9.40 Å². The summed E-state index contributed by atoms with van der Waals surface area (Å²) in [5.74, 6) is 5.22. The summed E-state index contributed by atoms with van der Waals surface area (Å²) in [5.41, 5.74) is 1.01. The molecule has 0 aliphatic rings. The predicted octanol–water partition coefficient (Wildman–Crippen LogP) is 0.565. The second-order valence-electron chi connectivity index (χ2n) is 3.94. The van der Waals surface area contributed by atoms with Crippen molar-refractivity contribution in [2.45, 2.75) is 5.03 Å². The molecule has 0 spiro atoms. The van der Waals surface area contributed by atoms with Gasteiger partial charge in [0.1, 0.15) is 6.61 Å². The van der Waals surface area contributed by atoms with E-state index >= 15 is 0 Å². The molecule has 0 radical (unpaired) electrons. The lowest BCUT2D eigenvalue weighted by Gasteiger charge is -2.08. The molecule has 0 unspecified atom stereocenters. The summed E-state index contributed by atoms with van der Waals surface area (Å²) >= 11 is 0. The van der Waals surface area contributed by atoms with Crippen molar-refractivity contribution in [1.82, 2.24) is 9.78 Å². The first-order chi connectivity index (χ1) is 9.53. The SMILES string of the molecule is Cn1nccc1S(=O)(=O)Nc1cccc(C#CCO)c1. The van der Waals surface area contributed by atoms with E-state index in [1.54, 1.807) is 31.3 Å². The zero-order chi connectivity index (χ0) is 14.6. The Morgan fingerprint density at radius 2 is 2.20 bits per heavy atom. The molecular formula is C13H13N3O3S. The Morgan fingerprint density at radius 1 is 1.40 bits per heavy atom. The number of anilines is 1. The minimum absolute atomic E-state index is 0.0735. The van der Waals surface area contributed by atoms with Crippen LogP contribution in [0.1, 0.15) is 5.56 Å². The zero-order valence-corrected chi connectivity index (χ0v) is 11.6. The van der Waals surface area contributed by atoms with Gasteiger partial charge in [-0.05, 0) is 24.3 Å². The molecule has 0 saturated heterocycles. The highest BCUT2D eigenvalue weighted by atomic mass is 32.2. The van der Waals surface area contributed by atoms with Crippen molar-refractivity contribution >= 4 is 15.7 Å². The molecule has 0 saturated carbocycles. The number of aliphatic hydroxyl groups is 1. The number of aryl methyl sites for hydroxylation is 1. The van der Waals surface area contributed by atoms with Gasteiger partial charge in [-0.15, -0.1) is 0 Å². The van der Waals surface area contributed by atoms with E-state index in [2.05, 4.69) is 21.7 Å². The fourth-order valence-corrected chi connectivity index (χ4v) is 2.81. The molecule has 0 aliphatic heterocycles. The molecule has 0 bridgehead atoms. The minimum Gasteiger partial charge on any atom is -0.384 e. The van der Waals surface area contributed by atoms with E-state index < -0.39 is 10.0 Å². The third-order valence-corrected chi connectivity index (χ3v) is 3.93. The van der Waals surface area contributed by atoms with Crippen LogP contribution >= 0.6 is 0 Å². The van der Waals surface area contributed by atoms with Crippen LogP contribution in [0.3, 0.4) is 0 Å². The molecule has 0 atom stereocenters. The number of aliphatic hydroxyl groups excluding tert-OH is 1. The van der Waals surface area contributed by atoms with Gasteiger partial charge in [-0.25, -0.2) is 0 Å². The maximum Gasteiger partial charge on any atom is 0.279 e. The number of nitrogens with one attached hydrogen (secondary N) is 1. The van der Waals surface area contributed by atoms with E-state index in [1.807, 2.05) is 0 Å². The first-order valence-corrected chi connectivity index (χ1v) is 7.22. The molecule has 7 heteroatoms. The van der Waals surface area contributed by atoms with Gasteiger partial charge in [0.15, 0.2) is 5.03 Å². The normalized spacial score (nSPS) is 10.7. The Labute approximate surface area is 117 Å². The van der Waals surface area contributed by atoms with Crippen LogP contribution in [0.2, 0.25) is 0 Å². The average molecular weight is 291 g/mol. The highest BCUT2D eigenvalue weighted by molar-refractivity contribution is 7.92. The van der Waals surface area contributed by atoms with E-state index in [9.17, 15) is 8.42 Å². The van der Waals surface area contributed by atoms with Crippen LogP contribution in [-0.2, 0) is 17.1 Å². The van der Waals surface area contributed by atoms with Crippen LogP contribution in [-0.4, -0.2) is 29.9 Å². The van der Waals surface area contributed by atoms with Crippen LogP contribution in [0.5, 0.6) is 0 Å². The minimum atomic E-state index is -3.69. The number of aromatic nitrogens is 2. The van der Waals surface area contributed by atoms with Gasteiger partial charge in [0.05, 0.1) is 11.9 Å². The lowest BCUT2D eigenvalue weighted by molar-refractivity contribution is 0.350. The van der Waals surface area contributed by atoms with Crippen molar-refractivity contribution < 1.29 is 13.5 Å². The van der Waals surface area contributed by atoms with Crippen molar-refractivity contribution in [3.8, 4) is 11.8 Å². The van der Waals surface area contributed by atoms with Crippen LogP contribution in [0, 0.1) is 11.8 Å². The number of nitrogens with zero attached hydrogens (tertiary/aromatic N) is 2. The Kier molecular flexibility index (Phi) is 4.08. The molecule has 1 aromatic heterocycles. The number of benzene rings is 1. The van der Waals surface area contributed by atoms with E-state index in [0.29, 0.717) is 11.3 Å². The standard InChI is InChI=1S/C13H13N3O3S/c1-16-13(7-8-14-16)20(18,19)15-12-6-2-4-11(10-12)5-3-9-17/h2,4,6-8,10,15,17H,9H2,1H3. The van der Waals surface area contributed by atoms with Crippen molar-refractivity contribution in [1.29, 1.82) is 0 Å². The Balaban J connectivity index is 2.28. The van der Waals surface area contributed by atoms with E-state index in [1.165, 1.54) is 16.9 Å². The Hall–Kier alpha value is -2.30. The number of hydrogen-bond acceptors (Lipinski definition) is 4. The van der Waals surface area contributed by atoms with Crippen LogP contribution in [0.15, 0.2) is 41.6 Å². The monoisotopic (exact) mass is 291 g/mol. The summed E-state index contributed by atoms with van der Waals surface area (Å²) in [5, 5.41) is 12.5. The predicted molar refractivity (Wildman–Crippen MR) is 74.4 cm³/mol. The Morgan fingerprint density at radius 3 is 2.85 bits per heavy atom.